The number of nitrogens with one attached hydrogen (secondary N) is 3. The fourth-order valence-corrected chi connectivity index (χ4v) is 3.05. The number of halogens is 2. The summed E-state index contributed by atoms with van der Waals surface area (Å²) < 4.78 is 5.25. The van der Waals surface area contributed by atoms with Crippen molar-refractivity contribution in [1.82, 2.24) is 0 Å². The number of para-hydroxylation sites is 2. The summed E-state index contributed by atoms with van der Waals surface area (Å²) >= 11 is 17.2. The molecule has 0 saturated heterocycles. The maximum Gasteiger partial charge on any atom is 0.255 e. The Hall–Kier alpha value is -2.80. The van der Waals surface area contributed by atoms with E-state index in [-0.39, 0.29) is 5.91 Å². The molecular weight excluding hydrogens is 429 g/mol. The first-order chi connectivity index (χ1) is 14.0. The number of hydrogen-bond acceptors (Lipinski definition) is 3. The summed E-state index contributed by atoms with van der Waals surface area (Å²) in [6, 6.07) is 19.3. The Labute approximate surface area is 184 Å². The van der Waals surface area contributed by atoms with Gasteiger partial charge in [-0.1, -0.05) is 35.3 Å². The lowest BCUT2D eigenvalue weighted by Crippen LogP contribution is -2.19. The number of methoxy groups -OCH3 is 1. The van der Waals surface area contributed by atoms with Gasteiger partial charge in [0, 0.05) is 16.9 Å². The summed E-state index contributed by atoms with van der Waals surface area (Å²) in [4.78, 5) is 12.5. The lowest BCUT2D eigenvalue weighted by molar-refractivity contribution is 0.102. The van der Waals surface area contributed by atoms with Crippen molar-refractivity contribution in [2.24, 2.45) is 0 Å². The molecule has 0 atom stereocenters. The average Bonchev–Trinajstić information content (AvgIpc) is 2.71. The molecular formula is C21H17Cl2N3O2S. The van der Waals surface area contributed by atoms with Gasteiger partial charge in [0.2, 0.25) is 0 Å². The van der Waals surface area contributed by atoms with E-state index >= 15 is 0 Å². The van der Waals surface area contributed by atoms with E-state index in [2.05, 4.69) is 16.0 Å². The highest BCUT2D eigenvalue weighted by atomic mass is 35.5. The van der Waals surface area contributed by atoms with Crippen LogP contribution in [0, 0.1) is 0 Å². The van der Waals surface area contributed by atoms with Crippen LogP contribution < -0.4 is 20.7 Å². The molecule has 3 aromatic carbocycles. The molecule has 3 rings (SSSR count). The topological polar surface area (TPSA) is 62.4 Å². The minimum atomic E-state index is -0.238. The van der Waals surface area contributed by atoms with E-state index in [4.69, 9.17) is 40.2 Å². The van der Waals surface area contributed by atoms with Gasteiger partial charge in [0.25, 0.3) is 5.91 Å². The van der Waals surface area contributed by atoms with Crippen LogP contribution in [0.15, 0.2) is 66.7 Å². The second kappa shape index (κ2) is 9.60. The Morgan fingerprint density at radius 3 is 2.21 bits per heavy atom. The molecule has 0 saturated carbocycles. The highest BCUT2D eigenvalue weighted by Gasteiger charge is 2.09. The van der Waals surface area contributed by atoms with E-state index in [1.165, 1.54) is 0 Å². The molecule has 8 heteroatoms. The largest absolute Gasteiger partial charge is 0.495 e. The van der Waals surface area contributed by atoms with Crippen LogP contribution in [0.3, 0.4) is 0 Å². The number of carbonyl (C=O) groups is 1. The van der Waals surface area contributed by atoms with Crippen molar-refractivity contribution >= 4 is 63.5 Å². The van der Waals surface area contributed by atoms with Crippen LogP contribution in [0.4, 0.5) is 17.1 Å². The Kier molecular flexibility index (Phi) is 6.93. The molecule has 148 valence electrons. The normalized spacial score (nSPS) is 10.2. The van der Waals surface area contributed by atoms with E-state index in [0.29, 0.717) is 37.8 Å². The molecule has 3 aromatic rings. The number of ether oxygens (including phenoxy) is 1. The first-order valence-electron chi connectivity index (χ1n) is 8.54. The van der Waals surface area contributed by atoms with Crippen molar-refractivity contribution < 1.29 is 9.53 Å². The molecule has 1 amide bonds. The summed E-state index contributed by atoms with van der Waals surface area (Å²) in [7, 11) is 1.56. The van der Waals surface area contributed by atoms with Crippen molar-refractivity contribution in [2.75, 3.05) is 23.1 Å². The van der Waals surface area contributed by atoms with Gasteiger partial charge in [0.1, 0.15) is 5.75 Å². The quantitative estimate of drug-likeness (QED) is 0.416. The van der Waals surface area contributed by atoms with Crippen LogP contribution in [0.25, 0.3) is 0 Å². The predicted molar refractivity (Wildman–Crippen MR) is 124 cm³/mol. The van der Waals surface area contributed by atoms with Gasteiger partial charge in [0.15, 0.2) is 5.11 Å². The fraction of sp³-hybridized carbons (Fsp3) is 0.0476. The van der Waals surface area contributed by atoms with Gasteiger partial charge in [-0.25, -0.2) is 0 Å². The van der Waals surface area contributed by atoms with Crippen LogP contribution in [0.2, 0.25) is 10.0 Å². The number of hydrogen-bond donors (Lipinski definition) is 3. The zero-order valence-corrected chi connectivity index (χ0v) is 17.7. The third kappa shape index (κ3) is 5.60. The lowest BCUT2D eigenvalue weighted by atomic mass is 10.2. The molecule has 0 aliphatic heterocycles. The number of thiocarbonyl (C=S) groups is 1. The standard InChI is InChI=1S/C21H17Cl2N3O2S/c1-28-19-5-3-2-4-18(19)26-20(27)13-6-8-14(9-7-13)24-21(29)25-15-10-11-16(22)17(23)12-15/h2-12H,1H3,(H,26,27)(H2,24,25,29). The molecule has 29 heavy (non-hydrogen) atoms. The number of anilines is 3. The highest BCUT2D eigenvalue weighted by Crippen LogP contribution is 2.25. The van der Waals surface area contributed by atoms with Crippen molar-refractivity contribution in [3.05, 3.63) is 82.3 Å². The molecule has 0 fully saturated rings. The average molecular weight is 446 g/mol. The monoisotopic (exact) mass is 445 g/mol. The van der Waals surface area contributed by atoms with Gasteiger partial charge < -0.3 is 20.7 Å². The molecule has 0 spiro atoms. The summed E-state index contributed by atoms with van der Waals surface area (Å²) in [5.41, 5.74) is 2.56. The summed E-state index contributed by atoms with van der Waals surface area (Å²) in [5.74, 6) is 0.357. The molecule has 5 nitrogen and oxygen atoms in total. The molecule has 0 aliphatic rings. The Bertz CT molecular complexity index is 1040. The summed E-state index contributed by atoms with van der Waals surface area (Å²) in [6.45, 7) is 0. The molecule has 0 bridgehead atoms. The zero-order chi connectivity index (χ0) is 20.8. The molecule has 0 radical (unpaired) electrons. The highest BCUT2D eigenvalue weighted by molar-refractivity contribution is 7.80. The van der Waals surface area contributed by atoms with E-state index in [1.54, 1.807) is 61.7 Å². The second-order valence-corrected chi connectivity index (χ2v) is 7.16. The van der Waals surface area contributed by atoms with Gasteiger partial charge in [-0.05, 0) is 66.8 Å². The van der Waals surface area contributed by atoms with E-state index < -0.39 is 0 Å². The Morgan fingerprint density at radius 1 is 0.862 bits per heavy atom. The van der Waals surface area contributed by atoms with Gasteiger partial charge in [-0.3, -0.25) is 4.79 Å². The van der Waals surface area contributed by atoms with Gasteiger partial charge in [-0.15, -0.1) is 0 Å². The number of carbonyl (C=O) groups excluding carboxylic acids is 1. The van der Waals surface area contributed by atoms with Crippen LogP contribution in [0.1, 0.15) is 10.4 Å². The molecule has 0 aromatic heterocycles. The van der Waals surface area contributed by atoms with Crippen molar-refractivity contribution in [3.63, 3.8) is 0 Å². The SMILES string of the molecule is COc1ccccc1NC(=O)c1ccc(NC(=S)Nc2ccc(Cl)c(Cl)c2)cc1. The molecule has 3 N–H and O–H groups in total. The van der Waals surface area contributed by atoms with E-state index in [1.807, 2.05) is 12.1 Å². The first kappa shape index (κ1) is 20.9. The second-order valence-electron chi connectivity index (χ2n) is 5.94. The summed E-state index contributed by atoms with van der Waals surface area (Å²) in [6.07, 6.45) is 0. The van der Waals surface area contributed by atoms with Gasteiger partial charge in [0.05, 0.1) is 22.8 Å². The van der Waals surface area contributed by atoms with Crippen molar-refractivity contribution in [2.45, 2.75) is 0 Å². The molecule has 0 unspecified atom stereocenters. The van der Waals surface area contributed by atoms with Crippen LogP contribution in [-0.2, 0) is 0 Å². The van der Waals surface area contributed by atoms with Gasteiger partial charge >= 0.3 is 0 Å². The Morgan fingerprint density at radius 2 is 1.52 bits per heavy atom. The lowest BCUT2D eigenvalue weighted by Gasteiger charge is -2.12. The third-order valence-electron chi connectivity index (χ3n) is 3.94. The maximum atomic E-state index is 12.5. The van der Waals surface area contributed by atoms with Crippen LogP contribution in [-0.4, -0.2) is 18.1 Å². The first-order valence-corrected chi connectivity index (χ1v) is 9.70. The van der Waals surface area contributed by atoms with Crippen LogP contribution >= 0.6 is 35.4 Å². The maximum absolute atomic E-state index is 12.5. The predicted octanol–water partition coefficient (Wildman–Crippen LogP) is 6.06. The van der Waals surface area contributed by atoms with Crippen LogP contribution in [0.5, 0.6) is 5.75 Å². The third-order valence-corrected chi connectivity index (χ3v) is 4.88. The molecule has 0 heterocycles. The minimum absolute atomic E-state index is 0.238. The number of amides is 1. The summed E-state index contributed by atoms with van der Waals surface area (Å²) in [5, 5.41) is 10.2. The number of benzene rings is 3. The van der Waals surface area contributed by atoms with E-state index in [0.717, 1.165) is 5.69 Å². The van der Waals surface area contributed by atoms with Crippen molar-refractivity contribution in [1.29, 1.82) is 0 Å². The zero-order valence-electron chi connectivity index (χ0n) is 15.3. The number of rotatable bonds is 5. The van der Waals surface area contributed by atoms with E-state index in [9.17, 15) is 4.79 Å². The van der Waals surface area contributed by atoms with Gasteiger partial charge in [-0.2, -0.15) is 0 Å². The fourth-order valence-electron chi connectivity index (χ4n) is 2.51. The smallest absolute Gasteiger partial charge is 0.255 e. The Balaban J connectivity index is 1.61. The molecule has 0 aliphatic carbocycles. The minimum Gasteiger partial charge on any atom is -0.495 e. The van der Waals surface area contributed by atoms with Crippen molar-refractivity contribution in [3.8, 4) is 5.75 Å².